The molecule has 2 aromatic heterocycles. The molecule has 0 unspecified atom stereocenters. The number of halogens is 1. The summed E-state index contributed by atoms with van der Waals surface area (Å²) in [6.07, 6.45) is 6.36. The predicted octanol–water partition coefficient (Wildman–Crippen LogP) is 3.12. The van der Waals surface area contributed by atoms with Crippen LogP contribution < -0.4 is 10.2 Å². The van der Waals surface area contributed by atoms with Gasteiger partial charge in [-0.3, -0.25) is 9.78 Å². The number of hydrogen-bond donors (Lipinski definition) is 1. The third-order valence-corrected chi connectivity index (χ3v) is 4.81. The first-order chi connectivity index (χ1) is 14.7. The predicted molar refractivity (Wildman–Crippen MR) is 114 cm³/mol. The van der Waals surface area contributed by atoms with E-state index in [1.165, 1.54) is 18.2 Å². The van der Waals surface area contributed by atoms with Gasteiger partial charge in [-0.1, -0.05) is 18.2 Å². The number of nitrogens with one attached hydrogen (secondary N) is 1. The highest BCUT2D eigenvalue weighted by atomic mass is 19.1. The van der Waals surface area contributed by atoms with Crippen LogP contribution in [0.25, 0.3) is 6.08 Å². The van der Waals surface area contributed by atoms with Gasteiger partial charge in [0.15, 0.2) is 11.6 Å². The van der Waals surface area contributed by atoms with Crippen LogP contribution >= 0.6 is 0 Å². The van der Waals surface area contributed by atoms with Crippen LogP contribution in [-0.4, -0.2) is 52.2 Å². The van der Waals surface area contributed by atoms with Crippen molar-refractivity contribution in [3.8, 4) is 0 Å². The van der Waals surface area contributed by atoms with Crippen molar-refractivity contribution >= 4 is 29.3 Å². The van der Waals surface area contributed by atoms with Crippen LogP contribution in [0.4, 0.5) is 21.7 Å². The van der Waals surface area contributed by atoms with Crippen LogP contribution in [0.2, 0.25) is 0 Å². The second kappa shape index (κ2) is 9.13. The normalized spacial score (nSPS) is 14.2. The molecule has 30 heavy (non-hydrogen) atoms. The van der Waals surface area contributed by atoms with Crippen molar-refractivity contribution in [2.75, 3.05) is 36.4 Å². The van der Waals surface area contributed by atoms with Gasteiger partial charge < -0.3 is 15.1 Å². The smallest absolute Gasteiger partial charge is 0.246 e. The fraction of sp³-hybridized carbons (Fsp3) is 0.182. The molecule has 0 aliphatic carbocycles. The van der Waals surface area contributed by atoms with E-state index in [1.54, 1.807) is 35.5 Å². The largest absolute Gasteiger partial charge is 0.352 e. The third kappa shape index (κ3) is 4.78. The summed E-state index contributed by atoms with van der Waals surface area (Å²) in [6.45, 7) is 2.45. The van der Waals surface area contributed by atoms with Gasteiger partial charge in [0, 0.05) is 44.0 Å². The molecule has 0 bridgehead atoms. The van der Waals surface area contributed by atoms with Crippen LogP contribution in [0.3, 0.4) is 0 Å². The van der Waals surface area contributed by atoms with Gasteiger partial charge in [0.2, 0.25) is 5.91 Å². The fourth-order valence-electron chi connectivity index (χ4n) is 3.18. The molecule has 1 aliphatic heterocycles. The Morgan fingerprint density at radius 3 is 2.53 bits per heavy atom. The Hall–Kier alpha value is -3.81. The molecule has 7 nitrogen and oxygen atoms in total. The first-order valence-electron chi connectivity index (χ1n) is 9.66. The first-order valence-corrected chi connectivity index (χ1v) is 9.66. The summed E-state index contributed by atoms with van der Waals surface area (Å²) in [5.41, 5.74) is 1.25. The van der Waals surface area contributed by atoms with Gasteiger partial charge in [-0.05, 0) is 36.4 Å². The van der Waals surface area contributed by atoms with Crippen molar-refractivity contribution in [1.29, 1.82) is 0 Å². The Labute approximate surface area is 173 Å². The number of nitrogens with zero attached hydrogens (tertiary/aromatic N) is 5. The zero-order valence-corrected chi connectivity index (χ0v) is 16.3. The van der Waals surface area contributed by atoms with Gasteiger partial charge in [0.1, 0.15) is 5.82 Å². The van der Waals surface area contributed by atoms with Gasteiger partial charge in [-0.2, -0.15) is 0 Å². The van der Waals surface area contributed by atoms with E-state index in [4.69, 9.17) is 0 Å². The van der Waals surface area contributed by atoms with Crippen LogP contribution in [0.5, 0.6) is 0 Å². The molecule has 1 amide bonds. The highest BCUT2D eigenvalue weighted by Crippen LogP contribution is 2.17. The molecular formula is C22H21FN6O. The van der Waals surface area contributed by atoms with Crippen molar-refractivity contribution < 1.29 is 9.18 Å². The topological polar surface area (TPSA) is 74.2 Å². The number of benzene rings is 1. The quantitative estimate of drug-likeness (QED) is 0.659. The Morgan fingerprint density at radius 2 is 1.83 bits per heavy atom. The number of rotatable bonds is 5. The molecule has 0 atom stereocenters. The average Bonchev–Trinajstić information content (AvgIpc) is 2.80. The Bertz CT molecular complexity index is 1020. The lowest BCUT2D eigenvalue weighted by Gasteiger charge is -2.34. The number of anilines is 3. The summed E-state index contributed by atoms with van der Waals surface area (Å²) in [5.74, 6) is 0.936. The van der Waals surface area contributed by atoms with Crippen LogP contribution in [0.1, 0.15) is 5.56 Å². The Morgan fingerprint density at radius 1 is 1.00 bits per heavy atom. The van der Waals surface area contributed by atoms with Crippen LogP contribution in [0.15, 0.2) is 67.0 Å². The summed E-state index contributed by atoms with van der Waals surface area (Å²) in [7, 11) is 0. The van der Waals surface area contributed by atoms with Gasteiger partial charge in [-0.25, -0.2) is 4.39 Å². The number of piperazine rings is 1. The lowest BCUT2D eigenvalue weighted by molar-refractivity contribution is -0.126. The lowest BCUT2D eigenvalue weighted by Crippen LogP contribution is -2.48. The van der Waals surface area contributed by atoms with Gasteiger partial charge >= 0.3 is 0 Å². The maximum Gasteiger partial charge on any atom is 0.246 e. The summed E-state index contributed by atoms with van der Waals surface area (Å²) in [6, 6.07) is 13.9. The summed E-state index contributed by atoms with van der Waals surface area (Å²) >= 11 is 0. The number of carbonyl (C=O) groups excluding carboxylic acids is 1. The maximum absolute atomic E-state index is 13.7. The maximum atomic E-state index is 13.7. The van der Waals surface area contributed by atoms with Crippen molar-refractivity contribution in [1.82, 2.24) is 20.1 Å². The molecule has 0 saturated carbocycles. The number of amides is 1. The highest BCUT2D eigenvalue weighted by molar-refractivity contribution is 5.92. The molecular weight excluding hydrogens is 383 g/mol. The van der Waals surface area contributed by atoms with Crippen molar-refractivity contribution in [2.45, 2.75) is 0 Å². The monoisotopic (exact) mass is 404 g/mol. The van der Waals surface area contributed by atoms with Gasteiger partial charge in [-0.15, -0.1) is 10.2 Å². The van der Waals surface area contributed by atoms with E-state index in [9.17, 15) is 9.18 Å². The van der Waals surface area contributed by atoms with Gasteiger partial charge in [0.25, 0.3) is 0 Å². The standard InChI is InChI=1S/C22H21FN6O/c23-19-6-2-1-4-17(19)7-10-22(30)29-14-12-28(13-15-29)21-9-8-20(26-27-21)25-18-5-3-11-24-16-18/h1-11,16H,12-15H2,(H,25,26)/b10-7+. The molecule has 1 aliphatic rings. The van der Waals surface area contributed by atoms with E-state index < -0.39 is 0 Å². The minimum Gasteiger partial charge on any atom is -0.352 e. The third-order valence-electron chi connectivity index (χ3n) is 4.81. The van der Waals surface area contributed by atoms with Gasteiger partial charge in [0.05, 0.1) is 11.9 Å². The molecule has 3 heterocycles. The van der Waals surface area contributed by atoms with E-state index in [2.05, 4.69) is 25.4 Å². The van der Waals surface area contributed by atoms with E-state index in [-0.39, 0.29) is 11.7 Å². The number of carbonyl (C=O) groups is 1. The molecule has 0 radical (unpaired) electrons. The molecule has 8 heteroatoms. The van der Waals surface area contributed by atoms with Crippen LogP contribution in [0, 0.1) is 5.82 Å². The van der Waals surface area contributed by atoms with Crippen molar-refractivity contribution in [3.05, 3.63) is 78.4 Å². The second-order valence-corrected chi connectivity index (χ2v) is 6.81. The first kappa shape index (κ1) is 19.5. The molecule has 152 valence electrons. The van der Waals surface area contributed by atoms with Crippen molar-refractivity contribution in [3.63, 3.8) is 0 Å². The second-order valence-electron chi connectivity index (χ2n) is 6.81. The molecule has 1 aromatic carbocycles. The van der Waals surface area contributed by atoms with E-state index >= 15 is 0 Å². The van der Waals surface area contributed by atoms with E-state index in [1.807, 2.05) is 24.3 Å². The molecule has 1 N–H and O–H groups in total. The fourth-order valence-corrected chi connectivity index (χ4v) is 3.18. The summed E-state index contributed by atoms with van der Waals surface area (Å²) < 4.78 is 13.7. The number of aromatic nitrogens is 3. The molecule has 0 spiro atoms. The molecule has 4 rings (SSSR count). The zero-order chi connectivity index (χ0) is 20.8. The Kier molecular flexibility index (Phi) is 5.93. The average molecular weight is 404 g/mol. The molecule has 3 aromatic rings. The lowest BCUT2D eigenvalue weighted by atomic mass is 10.2. The van der Waals surface area contributed by atoms with Crippen molar-refractivity contribution in [2.24, 2.45) is 0 Å². The molecule has 1 fully saturated rings. The summed E-state index contributed by atoms with van der Waals surface area (Å²) in [5, 5.41) is 11.7. The zero-order valence-electron chi connectivity index (χ0n) is 16.3. The highest BCUT2D eigenvalue weighted by Gasteiger charge is 2.20. The minimum absolute atomic E-state index is 0.125. The van der Waals surface area contributed by atoms with Crippen LogP contribution in [-0.2, 0) is 4.79 Å². The summed E-state index contributed by atoms with van der Waals surface area (Å²) in [4.78, 5) is 20.3. The SMILES string of the molecule is O=C(/C=C/c1ccccc1F)N1CCN(c2ccc(Nc3cccnc3)nn2)CC1. The van der Waals surface area contributed by atoms with E-state index in [0.717, 1.165) is 11.5 Å². The van der Waals surface area contributed by atoms with E-state index in [0.29, 0.717) is 37.6 Å². The Balaban J connectivity index is 1.31. The number of hydrogen-bond acceptors (Lipinski definition) is 6. The molecule has 1 saturated heterocycles. The minimum atomic E-state index is -0.341. The number of pyridine rings is 1.